The van der Waals surface area contributed by atoms with Gasteiger partial charge in [0.2, 0.25) is 12.0 Å². The summed E-state index contributed by atoms with van der Waals surface area (Å²) in [6, 6.07) is 6.29. The molecule has 0 bridgehead atoms. The molecule has 92 valence electrons. The summed E-state index contributed by atoms with van der Waals surface area (Å²) >= 11 is 0. The van der Waals surface area contributed by atoms with E-state index in [9.17, 15) is 14.0 Å². The van der Waals surface area contributed by atoms with Gasteiger partial charge in [0.15, 0.2) is 5.78 Å². The molecule has 1 unspecified atom stereocenters. The SMILES string of the molecule is CCCC(=O)C(F)C(=O)c1ccccc1OC. The monoisotopic (exact) mass is 238 g/mol. The zero-order valence-electron chi connectivity index (χ0n) is 9.90. The molecule has 0 heterocycles. The van der Waals surface area contributed by atoms with Gasteiger partial charge in [0.1, 0.15) is 5.75 Å². The second-order valence-electron chi connectivity index (χ2n) is 3.64. The molecule has 0 aliphatic carbocycles. The van der Waals surface area contributed by atoms with E-state index in [2.05, 4.69) is 0 Å². The third-order valence-corrected chi connectivity index (χ3v) is 2.38. The molecular formula is C13H15FO3. The van der Waals surface area contributed by atoms with E-state index < -0.39 is 17.7 Å². The molecule has 0 aromatic heterocycles. The van der Waals surface area contributed by atoms with Crippen molar-refractivity contribution in [2.45, 2.75) is 25.9 Å². The first-order valence-corrected chi connectivity index (χ1v) is 5.45. The van der Waals surface area contributed by atoms with E-state index in [1.165, 1.54) is 13.2 Å². The van der Waals surface area contributed by atoms with Crippen molar-refractivity contribution in [3.05, 3.63) is 29.8 Å². The Morgan fingerprint density at radius 1 is 1.35 bits per heavy atom. The zero-order valence-corrected chi connectivity index (χ0v) is 9.90. The fraction of sp³-hybridized carbons (Fsp3) is 0.385. The van der Waals surface area contributed by atoms with Gasteiger partial charge >= 0.3 is 0 Å². The van der Waals surface area contributed by atoms with Gasteiger partial charge in [-0.1, -0.05) is 19.1 Å². The normalized spacial score (nSPS) is 11.9. The average Bonchev–Trinajstić information content (AvgIpc) is 2.37. The first kappa shape index (κ1) is 13.4. The van der Waals surface area contributed by atoms with Crippen LogP contribution in [0.25, 0.3) is 0 Å². The number of rotatable bonds is 6. The highest BCUT2D eigenvalue weighted by Crippen LogP contribution is 2.20. The highest BCUT2D eigenvalue weighted by molar-refractivity contribution is 6.14. The van der Waals surface area contributed by atoms with Gasteiger partial charge in [0.05, 0.1) is 12.7 Å². The maximum absolute atomic E-state index is 13.6. The van der Waals surface area contributed by atoms with Gasteiger partial charge in [-0.2, -0.15) is 0 Å². The Morgan fingerprint density at radius 3 is 2.59 bits per heavy atom. The number of halogens is 1. The Balaban J connectivity index is 2.92. The number of carbonyl (C=O) groups is 2. The molecule has 1 aromatic rings. The third kappa shape index (κ3) is 3.12. The Bertz CT molecular complexity index is 415. The second kappa shape index (κ2) is 6.13. The van der Waals surface area contributed by atoms with E-state index in [-0.39, 0.29) is 17.7 Å². The first-order chi connectivity index (χ1) is 8.11. The van der Waals surface area contributed by atoms with Crippen molar-refractivity contribution in [1.82, 2.24) is 0 Å². The topological polar surface area (TPSA) is 43.4 Å². The Hall–Kier alpha value is -1.71. The molecule has 0 saturated heterocycles. The van der Waals surface area contributed by atoms with Crippen LogP contribution in [0.3, 0.4) is 0 Å². The lowest BCUT2D eigenvalue weighted by molar-refractivity contribution is -0.122. The number of hydrogen-bond acceptors (Lipinski definition) is 3. The van der Waals surface area contributed by atoms with E-state index in [0.29, 0.717) is 6.42 Å². The van der Waals surface area contributed by atoms with E-state index in [0.717, 1.165) is 0 Å². The largest absolute Gasteiger partial charge is 0.496 e. The van der Waals surface area contributed by atoms with E-state index in [4.69, 9.17) is 4.74 Å². The van der Waals surface area contributed by atoms with Crippen LogP contribution in [-0.2, 0) is 4.79 Å². The molecule has 0 spiro atoms. The molecule has 0 fully saturated rings. The van der Waals surface area contributed by atoms with Gasteiger partial charge in [-0.05, 0) is 18.6 Å². The number of ether oxygens (including phenoxy) is 1. The summed E-state index contributed by atoms with van der Waals surface area (Å²) in [5, 5.41) is 0. The van der Waals surface area contributed by atoms with Crippen molar-refractivity contribution >= 4 is 11.6 Å². The molecule has 0 N–H and O–H groups in total. The molecule has 17 heavy (non-hydrogen) atoms. The molecule has 1 aromatic carbocycles. The second-order valence-corrected chi connectivity index (χ2v) is 3.64. The van der Waals surface area contributed by atoms with Gasteiger partial charge in [0.25, 0.3) is 0 Å². The summed E-state index contributed by atoms with van der Waals surface area (Å²) in [5.74, 6) is -1.23. The highest BCUT2D eigenvalue weighted by Gasteiger charge is 2.27. The number of carbonyl (C=O) groups excluding carboxylic acids is 2. The lowest BCUT2D eigenvalue weighted by Gasteiger charge is -2.09. The van der Waals surface area contributed by atoms with E-state index in [1.807, 2.05) is 0 Å². The fourth-order valence-electron chi connectivity index (χ4n) is 1.50. The minimum atomic E-state index is -2.09. The van der Waals surface area contributed by atoms with Crippen LogP contribution in [0.4, 0.5) is 4.39 Å². The number of hydrogen-bond donors (Lipinski definition) is 0. The molecule has 1 rings (SSSR count). The van der Waals surface area contributed by atoms with Crippen molar-refractivity contribution in [2.75, 3.05) is 7.11 Å². The molecule has 0 aliphatic rings. The zero-order chi connectivity index (χ0) is 12.8. The number of Topliss-reactive ketones (excluding diaryl/α,β-unsaturated/α-hetero) is 2. The van der Waals surface area contributed by atoms with Crippen molar-refractivity contribution in [2.24, 2.45) is 0 Å². The van der Waals surface area contributed by atoms with Gasteiger partial charge in [-0.15, -0.1) is 0 Å². The molecule has 4 heteroatoms. The van der Waals surface area contributed by atoms with Crippen LogP contribution in [0.5, 0.6) is 5.75 Å². The number of benzene rings is 1. The number of alkyl halides is 1. The van der Waals surface area contributed by atoms with Crippen LogP contribution >= 0.6 is 0 Å². The average molecular weight is 238 g/mol. The van der Waals surface area contributed by atoms with Crippen molar-refractivity contribution in [3.8, 4) is 5.75 Å². The van der Waals surface area contributed by atoms with Gasteiger partial charge < -0.3 is 4.74 Å². The van der Waals surface area contributed by atoms with Crippen LogP contribution < -0.4 is 4.74 Å². The van der Waals surface area contributed by atoms with Gasteiger partial charge in [-0.25, -0.2) is 4.39 Å². The van der Waals surface area contributed by atoms with Crippen LogP contribution in [-0.4, -0.2) is 24.8 Å². The Kier molecular flexibility index (Phi) is 4.82. The summed E-state index contributed by atoms with van der Waals surface area (Å²) in [5.41, 5.74) is 0.104. The summed E-state index contributed by atoms with van der Waals surface area (Å²) in [4.78, 5) is 23.1. The lowest BCUT2D eigenvalue weighted by atomic mass is 10.0. The minimum absolute atomic E-state index is 0.0715. The summed E-state index contributed by atoms with van der Waals surface area (Å²) < 4.78 is 18.6. The van der Waals surface area contributed by atoms with Crippen molar-refractivity contribution in [1.29, 1.82) is 0 Å². The van der Waals surface area contributed by atoms with Crippen molar-refractivity contribution < 1.29 is 18.7 Å². The summed E-state index contributed by atoms with van der Waals surface area (Å²) in [6.45, 7) is 1.76. The van der Waals surface area contributed by atoms with Crippen LogP contribution in [0.2, 0.25) is 0 Å². The predicted octanol–water partition coefficient (Wildman–Crippen LogP) is 2.59. The number of para-hydroxylation sites is 1. The van der Waals surface area contributed by atoms with Crippen molar-refractivity contribution in [3.63, 3.8) is 0 Å². The fourth-order valence-corrected chi connectivity index (χ4v) is 1.50. The smallest absolute Gasteiger partial charge is 0.220 e. The minimum Gasteiger partial charge on any atom is -0.496 e. The van der Waals surface area contributed by atoms with Gasteiger partial charge in [-0.3, -0.25) is 9.59 Å². The van der Waals surface area contributed by atoms with Crippen LogP contribution in [0, 0.1) is 0 Å². The van der Waals surface area contributed by atoms with Crippen LogP contribution in [0.15, 0.2) is 24.3 Å². The Labute approximate surface area is 99.6 Å². The summed E-state index contributed by atoms with van der Waals surface area (Å²) in [6.07, 6.45) is -1.49. The standard InChI is InChI=1S/C13H15FO3/c1-3-6-10(15)12(14)13(16)9-7-4-5-8-11(9)17-2/h4-5,7-8,12H,3,6H2,1-2H3. The molecular weight excluding hydrogens is 223 g/mol. The van der Waals surface area contributed by atoms with E-state index >= 15 is 0 Å². The summed E-state index contributed by atoms with van der Waals surface area (Å²) in [7, 11) is 1.40. The molecule has 1 atom stereocenters. The molecule has 0 radical (unpaired) electrons. The molecule has 3 nitrogen and oxygen atoms in total. The maximum Gasteiger partial charge on any atom is 0.220 e. The van der Waals surface area contributed by atoms with Crippen LogP contribution in [0.1, 0.15) is 30.1 Å². The lowest BCUT2D eigenvalue weighted by Crippen LogP contribution is -2.26. The Morgan fingerprint density at radius 2 is 2.00 bits per heavy atom. The predicted molar refractivity (Wildman–Crippen MR) is 62.1 cm³/mol. The molecule has 0 amide bonds. The van der Waals surface area contributed by atoms with E-state index in [1.54, 1.807) is 25.1 Å². The quantitative estimate of drug-likeness (QED) is 0.565. The number of ketones is 2. The third-order valence-electron chi connectivity index (χ3n) is 2.38. The highest BCUT2D eigenvalue weighted by atomic mass is 19.1. The number of methoxy groups -OCH3 is 1. The first-order valence-electron chi connectivity index (χ1n) is 5.45. The van der Waals surface area contributed by atoms with Gasteiger partial charge in [0, 0.05) is 6.42 Å². The maximum atomic E-state index is 13.6. The molecule has 0 saturated carbocycles. The molecule has 0 aliphatic heterocycles.